The fraction of sp³-hybridized carbons (Fsp3) is 0.867. The van der Waals surface area contributed by atoms with Crippen LogP contribution in [0.4, 0.5) is 0 Å². The summed E-state index contributed by atoms with van der Waals surface area (Å²) in [7, 11) is 5.28. The summed E-state index contributed by atoms with van der Waals surface area (Å²) >= 11 is 0. The van der Waals surface area contributed by atoms with Gasteiger partial charge in [0.05, 0.1) is 29.8 Å². The fourth-order valence-electron chi connectivity index (χ4n) is 6.27. The van der Waals surface area contributed by atoms with Gasteiger partial charge in [-0.15, -0.1) is 0 Å². The summed E-state index contributed by atoms with van der Waals surface area (Å²) in [5, 5.41) is 33.8. The lowest BCUT2D eigenvalue weighted by atomic mass is 9.76. The van der Waals surface area contributed by atoms with E-state index < -0.39 is 65.6 Å². The number of aliphatic hydroxyl groups is 3. The zero-order valence-corrected chi connectivity index (χ0v) is 26.2. The summed E-state index contributed by atoms with van der Waals surface area (Å²) in [4.78, 5) is 28.6. The van der Waals surface area contributed by atoms with Crippen molar-refractivity contribution < 1.29 is 43.9 Å². The van der Waals surface area contributed by atoms with Gasteiger partial charge in [0.2, 0.25) is 0 Å². The first-order chi connectivity index (χ1) is 18.4. The molecule has 1 saturated heterocycles. The molecule has 2 aliphatic heterocycles. The van der Waals surface area contributed by atoms with Crippen LogP contribution in [0.1, 0.15) is 74.7 Å². The standard InChI is InChI=1S/C30H53NO9/c1-12-22-29(7,36)14-16(2)23(32)17(3)15-30(8,37-11)26(19(5)24(33)20(6)27(35)39-22)40-28-25(34)21(31(9)10)13-18(4)38-28/h14,17-22,24-26,28,33-34,36H,12-13,15H2,1-11H3/b16-14+/t17-,18-,19+,20-,21+,22-,24+,25-,26-,28?,29+,30-/m1/s1. The van der Waals surface area contributed by atoms with E-state index in [-0.39, 0.29) is 24.3 Å². The Hall–Kier alpha value is -1.40. The molecule has 10 nitrogen and oxygen atoms in total. The van der Waals surface area contributed by atoms with E-state index in [9.17, 15) is 24.9 Å². The van der Waals surface area contributed by atoms with Crippen LogP contribution in [0, 0.1) is 17.8 Å². The van der Waals surface area contributed by atoms with Gasteiger partial charge in [0.25, 0.3) is 0 Å². The molecule has 0 bridgehead atoms. The number of rotatable bonds is 5. The van der Waals surface area contributed by atoms with Crippen molar-refractivity contribution in [2.75, 3.05) is 21.2 Å². The highest BCUT2D eigenvalue weighted by Crippen LogP contribution is 2.38. The molecular formula is C30H53NO9. The van der Waals surface area contributed by atoms with Gasteiger partial charge in [0.15, 0.2) is 12.1 Å². The van der Waals surface area contributed by atoms with E-state index in [0.717, 1.165) is 0 Å². The maximum atomic E-state index is 13.5. The topological polar surface area (TPSA) is 135 Å². The Morgan fingerprint density at radius 3 is 2.23 bits per heavy atom. The third-order valence-corrected chi connectivity index (χ3v) is 8.86. The molecule has 2 heterocycles. The van der Waals surface area contributed by atoms with E-state index in [1.54, 1.807) is 41.5 Å². The Bertz CT molecular complexity index is 906. The van der Waals surface area contributed by atoms with Crippen LogP contribution in [0.3, 0.4) is 0 Å². The van der Waals surface area contributed by atoms with Crippen molar-refractivity contribution in [1.82, 2.24) is 4.90 Å². The Balaban J connectivity index is 2.61. The first kappa shape index (κ1) is 34.8. The smallest absolute Gasteiger partial charge is 0.311 e. The van der Waals surface area contributed by atoms with Crippen molar-refractivity contribution in [3.8, 4) is 0 Å². The first-order valence-electron chi connectivity index (χ1n) is 14.4. The zero-order chi connectivity index (χ0) is 30.7. The van der Waals surface area contributed by atoms with Crippen molar-refractivity contribution >= 4 is 11.8 Å². The lowest BCUT2D eigenvalue weighted by molar-refractivity contribution is -0.301. The SMILES string of the molecule is CC[C@H]1OC(=O)[C@H](C)[C@@H](O)[C@H](C)[C@@H](OC2O[C@H](C)C[C@H](N(C)C)[C@H]2O)[C@](C)(OC)C[C@@H](C)C(=O)/C(C)=C/[C@]1(C)O. The number of aliphatic hydroxyl groups excluding tert-OH is 2. The van der Waals surface area contributed by atoms with Crippen LogP contribution in [-0.4, -0.2) is 107 Å². The van der Waals surface area contributed by atoms with E-state index in [1.165, 1.54) is 20.1 Å². The molecule has 0 aromatic rings. The van der Waals surface area contributed by atoms with Gasteiger partial charge in [-0.3, -0.25) is 9.59 Å². The number of ether oxygens (including phenoxy) is 4. The normalized spacial score (nSPS) is 45.9. The number of methoxy groups -OCH3 is 1. The zero-order valence-electron chi connectivity index (χ0n) is 26.2. The minimum Gasteiger partial charge on any atom is -0.459 e. The molecule has 2 aliphatic rings. The van der Waals surface area contributed by atoms with Crippen molar-refractivity contribution in [3.63, 3.8) is 0 Å². The molecule has 2 rings (SSSR count). The third kappa shape index (κ3) is 7.70. The summed E-state index contributed by atoms with van der Waals surface area (Å²) in [5.74, 6) is -3.09. The largest absolute Gasteiger partial charge is 0.459 e. The number of Topliss-reactive ketones (excluding diaryl/α,β-unsaturated/α-hetero) is 1. The summed E-state index contributed by atoms with van der Waals surface area (Å²) in [5.41, 5.74) is -2.38. The highest BCUT2D eigenvalue weighted by Gasteiger charge is 2.49. The van der Waals surface area contributed by atoms with Gasteiger partial charge in [0, 0.05) is 25.0 Å². The minimum absolute atomic E-state index is 0.197. The highest BCUT2D eigenvalue weighted by atomic mass is 16.7. The van der Waals surface area contributed by atoms with Crippen LogP contribution in [0.5, 0.6) is 0 Å². The predicted octanol–water partition coefficient (Wildman–Crippen LogP) is 2.46. The number of carbonyl (C=O) groups is 2. The number of esters is 1. The number of hydrogen-bond acceptors (Lipinski definition) is 10. The maximum Gasteiger partial charge on any atom is 0.311 e. The van der Waals surface area contributed by atoms with E-state index in [1.807, 2.05) is 25.9 Å². The van der Waals surface area contributed by atoms with Crippen molar-refractivity contribution in [1.29, 1.82) is 0 Å². The summed E-state index contributed by atoms with van der Waals surface area (Å²) < 4.78 is 24.3. The van der Waals surface area contributed by atoms with Crippen molar-refractivity contribution in [2.45, 2.75) is 129 Å². The molecule has 0 aliphatic carbocycles. The first-order valence-corrected chi connectivity index (χ1v) is 14.4. The number of cyclic esters (lactones) is 1. The molecule has 3 N–H and O–H groups in total. The summed E-state index contributed by atoms with van der Waals surface area (Å²) in [6.45, 7) is 13.7. The molecule has 10 heteroatoms. The second-order valence-electron chi connectivity index (χ2n) is 12.6. The lowest BCUT2D eigenvalue weighted by Gasteiger charge is -2.47. The Morgan fingerprint density at radius 2 is 1.70 bits per heavy atom. The van der Waals surface area contributed by atoms with Gasteiger partial charge in [-0.1, -0.05) is 20.8 Å². The number of allylic oxidation sites excluding steroid dienone is 1. The molecule has 1 fully saturated rings. The van der Waals surface area contributed by atoms with Gasteiger partial charge < -0.3 is 39.2 Å². The number of likely N-dealkylation sites (N-methyl/N-ethyl adjacent to an activating group) is 1. The van der Waals surface area contributed by atoms with Crippen LogP contribution in [-0.2, 0) is 28.5 Å². The van der Waals surface area contributed by atoms with Crippen molar-refractivity contribution in [2.24, 2.45) is 17.8 Å². The molecule has 1 unspecified atom stereocenters. The second-order valence-corrected chi connectivity index (χ2v) is 12.6. The molecule has 0 radical (unpaired) electrons. The van der Waals surface area contributed by atoms with Gasteiger partial charge in [0.1, 0.15) is 17.8 Å². The Morgan fingerprint density at radius 1 is 1.10 bits per heavy atom. The minimum atomic E-state index is -1.59. The molecule has 0 aromatic heterocycles. The van der Waals surface area contributed by atoms with Crippen LogP contribution in [0.25, 0.3) is 0 Å². The van der Waals surface area contributed by atoms with Crippen LogP contribution < -0.4 is 0 Å². The highest BCUT2D eigenvalue weighted by molar-refractivity contribution is 5.96. The molecular weight excluding hydrogens is 518 g/mol. The average molecular weight is 572 g/mol. The van der Waals surface area contributed by atoms with Gasteiger partial charge in [-0.25, -0.2) is 0 Å². The lowest BCUT2D eigenvalue weighted by Crippen LogP contribution is -2.59. The molecule has 0 saturated carbocycles. The van der Waals surface area contributed by atoms with Crippen LogP contribution in [0.15, 0.2) is 11.6 Å². The van der Waals surface area contributed by atoms with E-state index in [0.29, 0.717) is 18.4 Å². The Kier molecular flexibility index (Phi) is 11.9. The molecule has 0 aromatic carbocycles. The third-order valence-electron chi connectivity index (χ3n) is 8.86. The maximum absolute atomic E-state index is 13.5. The number of ketones is 1. The fourth-order valence-corrected chi connectivity index (χ4v) is 6.27. The quantitative estimate of drug-likeness (QED) is 0.422. The molecule has 0 amide bonds. The van der Waals surface area contributed by atoms with Gasteiger partial charge >= 0.3 is 5.97 Å². The van der Waals surface area contributed by atoms with Crippen LogP contribution in [0.2, 0.25) is 0 Å². The predicted molar refractivity (Wildman–Crippen MR) is 150 cm³/mol. The second kappa shape index (κ2) is 13.7. The van der Waals surface area contributed by atoms with Crippen LogP contribution >= 0.6 is 0 Å². The average Bonchev–Trinajstić information content (AvgIpc) is 2.88. The number of nitrogens with zero attached hydrogens (tertiary/aromatic N) is 1. The summed E-state index contributed by atoms with van der Waals surface area (Å²) in [6.07, 6.45) is -2.68. The summed E-state index contributed by atoms with van der Waals surface area (Å²) in [6, 6.07) is -0.220. The molecule has 232 valence electrons. The molecule has 0 spiro atoms. The van der Waals surface area contributed by atoms with E-state index in [4.69, 9.17) is 18.9 Å². The van der Waals surface area contributed by atoms with Crippen molar-refractivity contribution in [3.05, 3.63) is 11.6 Å². The van der Waals surface area contributed by atoms with Gasteiger partial charge in [-0.05, 0) is 79.6 Å². The van der Waals surface area contributed by atoms with Gasteiger partial charge in [-0.2, -0.15) is 0 Å². The van der Waals surface area contributed by atoms with E-state index >= 15 is 0 Å². The number of hydrogen-bond donors (Lipinski definition) is 3. The number of carbonyl (C=O) groups excluding carboxylic acids is 2. The van der Waals surface area contributed by atoms with E-state index in [2.05, 4.69) is 0 Å². The Labute approximate surface area is 240 Å². The molecule has 40 heavy (non-hydrogen) atoms. The monoisotopic (exact) mass is 571 g/mol. The molecule has 12 atom stereocenters.